The first-order valence-corrected chi connectivity index (χ1v) is 5.12. The SMILES string of the molecule is COc1ccc(Cl)cc1NC(=O)c1cnco1. The fraction of sp³-hybridized carbons (Fsp3) is 0.0909. The van der Waals surface area contributed by atoms with Gasteiger partial charge in [0.15, 0.2) is 6.39 Å². The predicted molar refractivity (Wildman–Crippen MR) is 62.5 cm³/mol. The number of methoxy groups -OCH3 is 1. The maximum atomic E-state index is 11.7. The molecule has 0 radical (unpaired) electrons. The third kappa shape index (κ3) is 2.57. The van der Waals surface area contributed by atoms with Crippen molar-refractivity contribution in [1.29, 1.82) is 0 Å². The van der Waals surface area contributed by atoms with Gasteiger partial charge in [-0.1, -0.05) is 11.6 Å². The molecule has 0 saturated carbocycles. The van der Waals surface area contributed by atoms with E-state index in [0.717, 1.165) is 0 Å². The van der Waals surface area contributed by atoms with E-state index in [1.54, 1.807) is 18.2 Å². The van der Waals surface area contributed by atoms with E-state index in [1.165, 1.54) is 19.7 Å². The Labute approximate surface area is 102 Å². The molecular weight excluding hydrogens is 244 g/mol. The van der Waals surface area contributed by atoms with Crippen LogP contribution in [-0.2, 0) is 0 Å². The van der Waals surface area contributed by atoms with Crippen LogP contribution in [0, 0.1) is 0 Å². The van der Waals surface area contributed by atoms with Gasteiger partial charge in [0.2, 0.25) is 5.76 Å². The number of hydrogen-bond acceptors (Lipinski definition) is 4. The molecule has 1 aromatic carbocycles. The van der Waals surface area contributed by atoms with Crippen molar-refractivity contribution >= 4 is 23.2 Å². The molecule has 0 aliphatic heterocycles. The van der Waals surface area contributed by atoms with E-state index in [0.29, 0.717) is 16.5 Å². The maximum absolute atomic E-state index is 11.7. The molecule has 0 aliphatic rings. The molecule has 0 atom stereocenters. The highest BCUT2D eigenvalue weighted by molar-refractivity contribution is 6.31. The summed E-state index contributed by atoms with van der Waals surface area (Å²) in [5.74, 6) is 0.220. The summed E-state index contributed by atoms with van der Waals surface area (Å²) >= 11 is 5.84. The number of aromatic nitrogens is 1. The lowest BCUT2D eigenvalue weighted by Crippen LogP contribution is -2.11. The van der Waals surface area contributed by atoms with Gasteiger partial charge in [0.1, 0.15) is 5.75 Å². The quantitative estimate of drug-likeness (QED) is 0.912. The van der Waals surface area contributed by atoms with Crippen LogP contribution in [0.2, 0.25) is 5.02 Å². The van der Waals surface area contributed by atoms with Gasteiger partial charge in [0, 0.05) is 5.02 Å². The first kappa shape index (κ1) is 11.5. The molecule has 1 amide bonds. The topological polar surface area (TPSA) is 64.4 Å². The number of carbonyl (C=O) groups is 1. The number of benzene rings is 1. The summed E-state index contributed by atoms with van der Waals surface area (Å²) in [6, 6.07) is 4.93. The van der Waals surface area contributed by atoms with Crippen LogP contribution >= 0.6 is 11.6 Å². The van der Waals surface area contributed by atoms with Crippen LogP contribution in [-0.4, -0.2) is 18.0 Å². The Morgan fingerprint density at radius 2 is 2.35 bits per heavy atom. The average molecular weight is 253 g/mol. The van der Waals surface area contributed by atoms with Gasteiger partial charge in [0.25, 0.3) is 5.91 Å². The number of anilines is 1. The lowest BCUT2D eigenvalue weighted by molar-refractivity contribution is 0.0996. The number of nitrogens with one attached hydrogen (secondary N) is 1. The van der Waals surface area contributed by atoms with E-state index in [-0.39, 0.29) is 5.76 Å². The van der Waals surface area contributed by atoms with Crippen LogP contribution in [0.5, 0.6) is 5.75 Å². The molecule has 0 unspecified atom stereocenters. The molecule has 1 heterocycles. The monoisotopic (exact) mass is 252 g/mol. The Kier molecular flexibility index (Phi) is 3.30. The van der Waals surface area contributed by atoms with Gasteiger partial charge in [0.05, 0.1) is 19.0 Å². The second-order valence-corrected chi connectivity index (χ2v) is 3.60. The van der Waals surface area contributed by atoms with Crippen molar-refractivity contribution in [3.63, 3.8) is 0 Å². The number of rotatable bonds is 3. The number of carbonyl (C=O) groups excluding carboxylic acids is 1. The minimum atomic E-state index is -0.414. The van der Waals surface area contributed by atoms with E-state index < -0.39 is 5.91 Å². The molecule has 0 bridgehead atoms. The largest absolute Gasteiger partial charge is 0.495 e. The van der Waals surface area contributed by atoms with Crippen LogP contribution in [0.1, 0.15) is 10.6 Å². The van der Waals surface area contributed by atoms with E-state index >= 15 is 0 Å². The molecule has 0 aliphatic carbocycles. The Balaban J connectivity index is 2.23. The van der Waals surface area contributed by atoms with Crippen molar-refractivity contribution in [2.45, 2.75) is 0 Å². The smallest absolute Gasteiger partial charge is 0.293 e. The summed E-state index contributed by atoms with van der Waals surface area (Å²) in [5.41, 5.74) is 0.474. The standard InChI is InChI=1S/C11H9ClN2O3/c1-16-9-3-2-7(12)4-8(9)14-11(15)10-5-13-6-17-10/h2-6H,1H3,(H,14,15). The Bertz CT molecular complexity index is 526. The van der Waals surface area contributed by atoms with Crippen LogP contribution in [0.4, 0.5) is 5.69 Å². The molecule has 88 valence electrons. The number of nitrogens with zero attached hydrogens (tertiary/aromatic N) is 1. The second-order valence-electron chi connectivity index (χ2n) is 3.16. The number of hydrogen-bond donors (Lipinski definition) is 1. The lowest BCUT2D eigenvalue weighted by atomic mass is 10.3. The van der Waals surface area contributed by atoms with Crippen LogP contribution in [0.3, 0.4) is 0 Å². The molecule has 0 spiro atoms. The minimum Gasteiger partial charge on any atom is -0.495 e. The number of oxazole rings is 1. The van der Waals surface area contributed by atoms with Crippen LogP contribution in [0.15, 0.2) is 35.2 Å². The molecule has 17 heavy (non-hydrogen) atoms. The summed E-state index contributed by atoms with van der Waals surface area (Å²) < 4.78 is 9.97. The highest BCUT2D eigenvalue weighted by atomic mass is 35.5. The summed E-state index contributed by atoms with van der Waals surface area (Å²) in [5, 5.41) is 3.12. The summed E-state index contributed by atoms with van der Waals surface area (Å²) in [4.78, 5) is 15.4. The lowest BCUT2D eigenvalue weighted by Gasteiger charge is -2.09. The normalized spacial score (nSPS) is 10.0. The molecule has 2 aromatic rings. The molecule has 5 nitrogen and oxygen atoms in total. The highest BCUT2D eigenvalue weighted by Gasteiger charge is 2.12. The van der Waals surface area contributed by atoms with E-state index in [1.807, 2.05) is 0 Å². The number of amides is 1. The van der Waals surface area contributed by atoms with Crippen LogP contribution < -0.4 is 10.1 Å². The molecule has 0 fully saturated rings. The zero-order chi connectivity index (χ0) is 12.3. The zero-order valence-corrected chi connectivity index (χ0v) is 9.69. The Morgan fingerprint density at radius 1 is 1.53 bits per heavy atom. The van der Waals surface area contributed by atoms with Gasteiger partial charge in [-0.25, -0.2) is 4.98 Å². The number of halogens is 1. The van der Waals surface area contributed by atoms with Crippen molar-refractivity contribution in [1.82, 2.24) is 4.98 Å². The Hall–Kier alpha value is -2.01. The minimum absolute atomic E-state index is 0.118. The van der Waals surface area contributed by atoms with Gasteiger partial charge >= 0.3 is 0 Å². The van der Waals surface area contributed by atoms with Gasteiger partial charge < -0.3 is 14.5 Å². The van der Waals surface area contributed by atoms with Crippen molar-refractivity contribution in [2.24, 2.45) is 0 Å². The third-order valence-electron chi connectivity index (χ3n) is 2.07. The summed E-state index contributed by atoms with van der Waals surface area (Å²) in [6.45, 7) is 0. The van der Waals surface area contributed by atoms with E-state index in [2.05, 4.69) is 10.3 Å². The molecular formula is C11H9ClN2O3. The van der Waals surface area contributed by atoms with Crippen molar-refractivity contribution in [2.75, 3.05) is 12.4 Å². The third-order valence-corrected chi connectivity index (χ3v) is 2.30. The van der Waals surface area contributed by atoms with Gasteiger partial charge in [-0.15, -0.1) is 0 Å². The van der Waals surface area contributed by atoms with Crippen LogP contribution in [0.25, 0.3) is 0 Å². The fourth-order valence-electron chi connectivity index (χ4n) is 1.29. The fourth-order valence-corrected chi connectivity index (χ4v) is 1.46. The van der Waals surface area contributed by atoms with Crippen molar-refractivity contribution < 1.29 is 13.9 Å². The zero-order valence-electron chi connectivity index (χ0n) is 8.94. The average Bonchev–Trinajstić information content (AvgIpc) is 2.83. The second kappa shape index (κ2) is 4.88. The number of ether oxygens (including phenoxy) is 1. The molecule has 6 heteroatoms. The molecule has 0 saturated heterocycles. The van der Waals surface area contributed by atoms with E-state index in [9.17, 15) is 4.79 Å². The highest BCUT2D eigenvalue weighted by Crippen LogP contribution is 2.27. The maximum Gasteiger partial charge on any atom is 0.293 e. The van der Waals surface area contributed by atoms with E-state index in [4.69, 9.17) is 20.8 Å². The first-order valence-electron chi connectivity index (χ1n) is 4.74. The summed E-state index contributed by atoms with van der Waals surface area (Å²) in [6.07, 6.45) is 2.51. The Morgan fingerprint density at radius 3 is 3.00 bits per heavy atom. The predicted octanol–water partition coefficient (Wildman–Crippen LogP) is 2.59. The molecule has 1 N–H and O–H groups in total. The molecule has 1 aromatic heterocycles. The van der Waals surface area contributed by atoms with Gasteiger partial charge in [-0.05, 0) is 18.2 Å². The summed E-state index contributed by atoms with van der Waals surface area (Å²) in [7, 11) is 1.51. The first-order chi connectivity index (χ1) is 8.20. The van der Waals surface area contributed by atoms with Crippen molar-refractivity contribution in [3.8, 4) is 5.75 Å². The molecule has 2 rings (SSSR count). The van der Waals surface area contributed by atoms with Gasteiger partial charge in [-0.3, -0.25) is 4.79 Å². The van der Waals surface area contributed by atoms with Gasteiger partial charge in [-0.2, -0.15) is 0 Å². The van der Waals surface area contributed by atoms with Crippen molar-refractivity contribution in [3.05, 3.63) is 41.6 Å².